The van der Waals surface area contributed by atoms with Crippen LogP contribution in [0.5, 0.6) is 0 Å². The second-order valence-corrected chi connectivity index (χ2v) is 4.18. The van der Waals surface area contributed by atoms with E-state index in [-0.39, 0.29) is 17.9 Å². The average Bonchev–Trinajstić information content (AvgIpc) is 2.90. The van der Waals surface area contributed by atoms with Gasteiger partial charge in [0.25, 0.3) is 0 Å². The number of carbonyl (C=O) groups excluding carboxylic acids is 1. The van der Waals surface area contributed by atoms with Crippen molar-refractivity contribution in [3.63, 3.8) is 0 Å². The van der Waals surface area contributed by atoms with E-state index < -0.39 is 0 Å². The van der Waals surface area contributed by atoms with Gasteiger partial charge in [0.05, 0.1) is 18.8 Å². The van der Waals surface area contributed by atoms with Crippen molar-refractivity contribution in [3.8, 4) is 0 Å². The van der Waals surface area contributed by atoms with Crippen LogP contribution < -0.4 is 10.6 Å². The number of carbonyl (C=O) groups is 1. The Morgan fingerprint density at radius 2 is 2.05 bits per heavy atom. The van der Waals surface area contributed by atoms with Crippen molar-refractivity contribution >= 4 is 6.03 Å². The van der Waals surface area contributed by atoms with Crippen LogP contribution in [0.4, 0.5) is 9.18 Å². The molecule has 1 atom stereocenters. The molecule has 0 aliphatic heterocycles. The highest BCUT2D eigenvalue weighted by atomic mass is 19.1. The molecule has 1 heterocycles. The zero-order valence-electron chi connectivity index (χ0n) is 10.5. The van der Waals surface area contributed by atoms with Crippen LogP contribution in [0, 0.1) is 5.82 Å². The molecule has 1 aromatic carbocycles. The lowest BCUT2D eigenvalue weighted by Gasteiger charge is -2.14. The number of benzene rings is 1. The minimum Gasteiger partial charge on any atom is -0.467 e. The molecule has 2 amide bonds. The van der Waals surface area contributed by atoms with Gasteiger partial charge in [-0.05, 0) is 36.8 Å². The summed E-state index contributed by atoms with van der Waals surface area (Å²) in [7, 11) is 0. The van der Waals surface area contributed by atoms with Crippen molar-refractivity contribution in [1.82, 2.24) is 10.6 Å². The summed E-state index contributed by atoms with van der Waals surface area (Å²) in [5.41, 5.74) is 0.842. The van der Waals surface area contributed by atoms with Gasteiger partial charge in [-0.15, -0.1) is 0 Å². The molecule has 0 radical (unpaired) electrons. The second-order valence-electron chi connectivity index (χ2n) is 4.18. The van der Waals surface area contributed by atoms with E-state index in [1.807, 2.05) is 6.92 Å². The van der Waals surface area contributed by atoms with Crippen molar-refractivity contribution in [1.29, 1.82) is 0 Å². The quantitative estimate of drug-likeness (QED) is 0.890. The number of halogens is 1. The van der Waals surface area contributed by atoms with Crippen molar-refractivity contribution < 1.29 is 13.6 Å². The number of hydrogen-bond acceptors (Lipinski definition) is 2. The highest BCUT2D eigenvalue weighted by molar-refractivity contribution is 5.74. The van der Waals surface area contributed by atoms with E-state index in [9.17, 15) is 9.18 Å². The summed E-state index contributed by atoms with van der Waals surface area (Å²) >= 11 is 0. The fourth-order valence-corrected chi connectivity index (χ4v) is 1.66. The van der Waals surface area contributed by atoms with E-state index in [0.29, 0.717) is 12.3 Å². The van der Waals surface area contributed by atoms with Crippen molar-refractivity contribution in [2.45, 2.75) is 19.5 Å². The third-order valence-corrected chi connectivity index (χ3v) is 2.72. The maximum Gasteiger partial charge on any atom is 0.315 e. The highest BCUT2D eigenvalue weighted by Crippen LogP contribution is 2.12. The molecule has 2 N–H and O–H groups in total. The maximum absolute atomic E-state index is 12.8. The second kappa shape index (κ2) is 6.04. The Morgan fingerprint density at radius 1 is 1.32 bits per heavy atom. The van der Waals surface area contributed by atoms with Gasteiger partial charge in [-0.2, -0.15) is 0 Å². The van der Waals surface area contributed by atoms with E-state index in [2.05, 4.69) is 10.6 Å². The molecule has 0 saturated carbocycles. The van der Waals surface area contributed by atoms with Crippen LogP contribution in [0.15, 0.2) is 47.1 Å². The van der Waals surface area contributed by atoms with Crippen LogP contribution in [0.1, 0.15) is 24.3 Å². The van der Waals surface area contributed by atoms with Crippen LogP contribution >= 0.6 is 0 Å². The third-order valence-electron chi connectivity index (χ3n) is 2.72. The molecular weight excluding hydrogens is 247 g/mol. The molecule has 5 heteroatoms. The van der Waals surface area contributed by atoms with Gasteiger partial charge in [0, 0.05) is 0 Å². The zero-order valence-corrected chi connectivity index (χ0v) is 10.5. The van der Waals surface area contributed by atoms with E-state index in [1.165, 1.54) is 12.1 Å². The van der Waals surface area contributed by atoms with Gasteiger partial charge in [0.2, 0.25) is 0 Å². The van der Waals surface area contributed by atoms with Gasteiger partial charge in [-0.1, -0.05) is 12.1 Å². The standard InChI is InChI=1S/C14H15FN2O2/c1-10(11-4-6-12(15)7-5-11)17-14(18)16-9-13-3-2-8-19-13/h2-8,10H,9H2,1H3,(H2,16,17,18)/t10-/m0/s1. The topological polar surface area (TPSA) is 54.3 Å². The van der Waals surface area contributed by atoms with Gasteiger partial charge in [0.15, 0.2) is 0 Å². The Morgan fingerprint density at radius 3 is 2.68 bits per heavy atom. The summed E-state index contributed by atoms with van der Waals surface area (Å²) in [6.45, 7) is 2.16. The number of nitrogens with one attached hydrogen (secondary N) is 2. The fraction of sp³-hybridized carbons (Fsp3) is 0.214. The first kappa shape index (κ1) is 13.1. The van der Waals surface area contributed by atoms with Gasteiger partial charge in [-0.25, -0.2) is 9.18 Å². The lowest BCUT2D eigenvalue weighted by Crippen LogP contribution is -2.36. The summed E-state index contributed by atoms with van der Waals surface area (Å²) in [6, 6.07) is 9.08. The largest absolute Gasteiger partial charge is 0.467 e. The van der Waals surface area contributed by atoms with Crippen molar-refractivity contribution in [2.75, 3.05) is 0 Å². The summed E-state index contributed by atoms with van der Waals surface area (Å²) in [5.74, 6) is 0.391. The lowest BCUT2D eigenvalue weighted by molar-refractivity contribution is 0.236. The Bertz CT molecular complexity index is 523. The molecule has 0 saturated heterocycles. The lowest BCUT2D eigenvalue weighted by atomic mass is 10.1. The molecule has 100 valence electrons. The van der Waals surface area contributed by atoms with E-state index in [4.69, 9.17) is 4.42 Å². The Kier molecular flexibility index (Phi) is 4.18. The fourth-order valence-electron chi connectivity index (χ4n) is 1.66. The van der Waals surface area contributed by atoms with Crippen LogP contribution in [0.3, 0.4) is 0 Å². The Balaban J connectivity index is 1.83. The van der Waals surface area contributed by atoms with Crippen molar-refractivity contribution in [3.05, 3.63) is 59.8 Å². The minimum atomic E-state index is -0.298. The molecule has 0 bridgehead atoms. The predicted molar refractivity (Wildman–Crippen MR) is 68.9 cm³/mol. The summed E-state index contributed by atoms with van der Waals surface area (Å²) in [6.07, 6.45) is 1.55. The van der Waals surface area contributed by atoms with E-state index >= 15 is 0 Å². The summed E-state index contributed by atoms with van der Waals surface area (Å²) < 4.78 is 17.9. The number of urea groups is 1. The first-order chi connectivity index (χ1) is 9.15. The molecule has 4 nitrogen and oxygen atoms in total. The number of amides is 2. The summed E-state index contributed by atoms with van der Waals surface area (Å²) in [5, 5.41) is 5.44. The molecule has 2 rings (SSSR count). The molecule has 0 fully saturated rings. The van der Waals surface area contributed by atoms with Crippen LogP contribution in [-0.2, 0) is 6.54 Å². The average molecular weight is 262 g/mol. The van der Waals surface area contributed by atoms with Crippen molar-refractivity contribution in [2.24, 2.45) is 0 Å². The van der Waals surface area contributed by atoms with E-state index in [1.54, 1.807) is 30.5 Å². The SMILES string of the molecule is C[C@H](NC(=O)NCc1ccco1)c1ccc(F)cc1. The van der Waals surface area contributed by atoms with Crippen LogP contribution in [0.2, 0.25) is 0 Å². The van der Waals surface area contributed by atoms with Crippen LogP contribution in [0.25, 0.3) is 0 Å². The molecular formula is C14H15FN2O2. The molecule has 0 aliphatic carbocycles. The molecule has 0 spiro atoms. The maximum atomic E-state index is 12.8. The smallest absolute Gasteiger partial charge is 0.315 e. The first-order valence-corrected chi connectivity index (χ1v) is 5.97. The van der Waals surface area contributed by atoms with Crippen LogP contribution in [-0.4, -0.2) is 6.03 Å². The molecule has 2 aromatic rings. The number of rotatable bonds is 4. The molecule has 0 aliphatic rings. The van der Waals surface area contributed by atoms with Gasteiger partial charge in [0.1, 0.15) is 11.6 Å². The molecule has 1 aromatic heterocycles. The normalized spacial score (nSPS) is 11.9. The van der Waals surface area contributed by atoms with Gasteiger partial charge < -0.3 is 15.1 Å². The predicted octanol–water partition coefficient (Wildman–Crippen LogP) is 2.98. The van der Waals surface area contributed by atoms with E-state index in [0.717, 1.165) is 5.56 Å². The Labute approximate surface area is 110 Å². The number of furan rings is 1. The summed E-state index contributed by atoms with van der Waals surface area (Å²) in [4.78, 5) is 11.7. The highest BCUT2D eigenvalue weighted by Gasteiger charge is 2.09. The molecule has 19 heavy (non-hydrogen) atoms. The number of hydrogen-bond donors (Lipinski definition) is 2. The Hall–Kier alpha value is -2.30. The van der Waals surface area contributed by atoms with Gasteiger partial charge >= 0.3 is 6.03 Å². The third kappa shape index (κ3) is 3.84. The zero-order chi connectivity index (χ0) is 13.7. The van der Waals surface area contributed by atoms with Gasteiger partial charge in [-0.3, -0.25) is 0 Å². The molecule has 0 unspecified atom stereocenters. The first-order valence-electron chi connectivity index (χ1n) is 5.97. The minimum absolute atomic E-state index is 0.197. The monoisotopic (exact) mass is 262 g/mol.